The number of H-pyrrole nitrogens is 1. The van der Waals surface area contributed by atoms with Gasteiger partial charge in [-0.3, -0.25) is 14.7 Å². The summed E-state index contributed by atoms with van der Waals surface area (Å²) in [6.45, 7) is 4.25. The van der Waals surface area contributed by atoms with E-state index in [1.54, 1.807) is 32.1 Å². The Labute approximate surface area is 240 Å². The van der Waals surface area contributed by atoms with Gasteiger partial charge in [-0.2, -0.15) is 18.3 Å². The van der Waals surface area contributed by atoms with Crippen LogP contribution in [0.15, 0.2) is 36.4 Å². The Hall–Kier alpha value is -4.05. The van der Waals surface area contributed by atoms with Gasteiger partial charge < -0.3 is 14.7 Å². The number of likely N-dealkylation sites (N-methyl/N-ethyl adjacent to an activating group) is 2. The van der Waals surface area contributed by atoms with Gasteiger partial charge in [-0.05, 0) is 47.4 Å². The molecule has 3 aromatic rings. The zero-order chi connectivity index (χ0) is 30.2. The molecule has 1 aliphatic rings. The molecule has 1 N–H and O–H groups in total. The lowest BCUT2D eigenvalue weighted by Gasteiger charge is -2.23. The topological polar surface area (TPSA) is 72.5 Å². The van der Waals surface area contributed by atoms with E-state index in [4.69, 9.17) is 11.6 Å². The third-order valence-corrected chi connectivity index (χ3v) is 7.26. The van der Waals surface area contributed by atoms with Gasteiger partial charge in [0.25, 0.3) is 11.8 Å². The summed E-state index contributed by atoms with van der Waals surface area (Å²) in [4.78, 5) is 30.3. The fourth-order valence-electron chi connectivity index (χ4n) is 4.87. The summed E-state index contributed by atoms with van der Waals surface area (Å²) < 4.78 is 42.2. The van der Waals surface area contributed by atoms with Crippen molar-refractivity contribution in [1.82, 2.24) is 24.9 Å². The molecule has 0 saturated carbocycles. The number of hydrogen-bond acceptors (Lipinski definition) is 4. The van der Waals surface area contributed by atoms with Crippen molar-refractivity contribution in [3.8, 4) is 11.1 Å². The van der Waals surface area contributed by atoms with E-state index in [1.165, 1.54) is 48.2 Å². The molecular formula is C30H31ClF3N5O2. The smallest absolute Gasteiger partial charge is 0.373 e. The van der Waals surface area contributed by atoms with E-state index < -0.39 is 17.6 Å². The van der Waals surface area contributed by atoms with Crippen LogP contribution in [0.3, 0.4) is 0 Å². The molecule has 1 heterocycles. The van der Waals surface area contributed by atoms with Crippen molar-refractivity contribution in [2.24, 2.45) is 0 Å². The summed E-state index contributed by atoms with van der Waals surface area (Å²) in [5, 5.41) is 10.5. The molecule has 0 atom stereocenters. The number of fused-ring (bicyclic) bond motifs is 1. The summed E-state index contributed by atoms with van der Waals surface area (Å²) in [6, 6.07) is 8.14. The summed E-state index contributed by atoms with van der Waals surface area (Å²) in [5.41, 5.74) is 0.143. The first kappa shape index (κ1) is 29.9. The van der Waals surface area contributed by atoms with E-state index in [2.05, 4.69) is 16.8 Å². The second-order valence-electron chi connectivity index (χ2n) is 10.3. The minimum Gasteiger partial charge on any atom is -0.373 e. The highest BCUT2D eigenvalue weighted by atomic mass is 35.5. The summed E-state index contributed by atoms with van der Waals surface area (Å²) in [6.07, 6.45) is -1.16. The second kappa shape index (κ2) is 11.4. The van der Waals surface area contributed by atoms with E-state index >= 15 is 0 Å². The molecule has 7 nitrogen and oxygen atoms in total. The zero-order valence-corrected chi connectivity index (χ0v) is 24.2. The van der Waals surface area contributed by atoms with Crippen LogP contribution in [0.1, 0.15) is 34.5 Å². The number of hydrogen-bond donors (Lipinski definition) is 1. The predicted molar refractivity (Wildman–Crippen MR) is 154 cm³/mol. The molecule has 216 valence electrons. The average molecular weight is 586 g/mol. The van der Waals surface area contributed by atoms with Crippen molar-refractivity contribution < 1.29 is 22.8 Å². The number of aromatic nitrogens is 2. The van der Waals surface area contributed by atoms with Gasteiger partial charge in [-0.25, -0.2) is 0 Å². The zero-order valence-electron chi connectivity index (χ0n) is 23.5. The quantitative estimate of drug-likeness (QED) is 0.483. The number of carbonyl (C=O) groups excluding carboxylic acids is 2. The number of benzene rings is 2. The number of halogens is 4. The molecule has 41 heavy (non-hydrogen) atoms. The summed E-state index contributed by atoms with van der Waals surface area (Å²) >= 11 is 6.45. The molecule has 1 aliphatic carbocycles. The van der Waals surface area contributed by atoms with Crippen LogP contribution in [0.25, 0.3) is 34.5 Å². The van der Waals surface area contributed by atoms with Crippen molar-refractivity contribution in [1.29, 1.82) is 0 Å². The molecule has 0 fully saturated rings. The first-order chi connectivity index (χ1) is 19.2. The van der Waals surface area contributed by atoms with Crippen LogP contribution in [-0.4, -0.2) is 71.9 Å². The Balaban J connectivity index is 1.76. The van der Waals surface area contributed by atoms with E-state index in [-0.39, 0.29) is 29.1 Å². The van der Waals surface area contributed by atoms with E-state index in [1.807, 2.05) is 6.08 Å². The maximum atomic E-state index is 14.1. The monoisotopic (exact) mass is 585 g/mol. The number of amides is 2. The van der Waals surface area contributed by atoms with Crippen molar-refractivity contribution in [2.75, 3.05) is 35.2 Å². The van der Waals surface area contributed by atoms with E-state index in [0.717, 1.165) is 23.1 Å². The van der Waals surface area contributed by atoms with Crippen molar-refractivity contribution >= 4 is 46.8 Å². The Morgan fingerprint density at radius 3 is 2.37 bits per heavy atom. The van der Waals surface area contributed by atoms with Gasteiger partial charge in [-0.15, -0.1) is 0 Å². The highest BCUT2D eigenvalue weighted by Crippen LogP contribution is 2.37. The van der Waals surface area contributed by atoms with Crippen LogP contribution >= 0.6 is 11.6 Å². The number of nitrogens with one attached hydrogen (secondary N) is 1. The Kier molecular flexibility index (Phi) is 8.35. The lowest BCUT2D eigenvalue weighted by atomic mass is 9.95. The minimum atomic E-state index is -4.69. The SMILES string of the molecule is C=c1cc(-c2ccc(C(=O)N(C)C)cc2C(F)(F)F)cc/c1=C(\C(=O)N(C)Cc1n[nH]c2c1=C(Cl)CCC=2)N(C)C. The second-order valence-corrected chi connectivity index (χ2v) is 10.8. The van der Waals surface area contributed by atoms with Crippen LogP contribution in [0, 0.1) is 0 Å². The molecule has 0 radical (unpaired) electrons. The predicted octanol–water partition coefficient (Wildman–Crippen LogP) is 2.46. The normalized spacial score (nSPS) is 13.7. The fourth-order valence-corrected chi connectivity index (χ4v) is 5.19. The lowest BCUT2D eigenvalue weighted by Crippen LogP contribution is -2.41. The standard InChI is InChI=1S/C30H31ClF3N5O2/c1-17-14-18(21-13-11-19(28(40)38(4)5)15-22(21)30(32,33)34)10-12-20(17)27(37(2)3)29(41)39(6)16-25-26-23(31)8-7-9-24(26)35-36-25/h9-15,35H,1,7-8,16H2,2-6H3/b27-20-. The highest BCUT2D eigenvalue weighted by molar-refractivity contribution is 6.45. The molecule has 0 unspecified atom stereocenters. The number of aromatic amines is 1. The molecule has 0 spiro atoms. The van der Waals surface area contributed by atoms with Crippen LogP contribution in [-0.2, 0) is 17.5 Å². The Morgan fingerprint density at radius 1 is 1.05 bits per heavy atom. The maximum Gasteiger partial charge on any atom is 0.417 e. The minimum absolute atomic E-state index is 0.0654. The highest BCUT2D eigenvalue weighted by Gasteiger charge is 2.34. The molecule has 0 bridgehead atoms. The summed E-state index contributed by atoms with van der Waals surface area (Å²) in [7, 11) is 8.03. The van der Waals surface area contributed by atoms with Gasteiger partial charge in [0.05, 0.1) is 23.2 Å². The maximum absolute atomic E-state index is 14.1. The van der Waals surface area contributed by atoms with Crippen LogP contribution in [0.2, 0.25) is 0 Å². The number of nitrogens with zero attached hydrogens (tertiary/aromatic N) is 4. The van der Waals surface area contributed by atoms with Gasteiger partial charge in [0.1, 0.15) is 5.70 Å². The Bertz CT molecular complexity index is 1760. The van der Waals surface area contributed by atoms with Gasteiger partial charge in [0.15, 0.2) is 0 Å². The van der Waals surface area contributed by atoms with Crippen molar-refractivity contribution in [3.05, 3.63) is 74.2 Å². The van der Waals surface area contributed by atoms with Crippen molar-refractivity contribution in [2.45, 2.75) is 25.6 Å². The van der Waals surface area contributed by atoms with E-state index in [0.29, 0.717) is 33.3 Å². The van der Waals surface area contributed by atoms with Crippen LogP contribution < -0.4 is 21.0 Å². The number of carbonyl (C=O) groups is 2. The fraction of sp³-hybridized carbons (Fsp3) is 0.300. The van der Waals surface area contributed by atoms with Gasteiger partial charge >= 0.3 is 6.18 Å². The average Bonchev–Trinajstić information content (AvgIpc) is 3.32. The van der Waals surface area contributed by atoms with E-state index in [9.17, 15) is 22.8 Å². The van der Waals surface area contributed by atoms with Gasteiger partial charge in [0.2, 0.25) is 0 Å². The van der Waals surface area contributed by atoms with Crippen LogP contribution in [0.5, 0.6) is 0 Å². The molecule has 0 saturated heterocycles. The first-order valence-electron chi connectivity index (χ1n) is 12.8. The largest absolute Gasteiger partial charge is 0.417 e. The molecule has 1 aromatic heterocycles. The first-order valence-corrected chi connectivity index (χ1v) is 13.2. The molecule has 11 heteroatoms. The van der Waals surface area contributed by atoms with Crippen molar-refractivity contribution in [3.63, 3.8) is 0 Å². The number of rotatable bonds is 6. The molecule has 0 aliphatic heterocycles. The Morgan fingerprint density at radius 2 is 1.76 bits per heavy atom. The third kappa shape index (κ3) is 6.02. The molecule has 4 rings (SSSR count). The van der Waals surface area contributed by atoms with Gasteiger partial charge in [-0.1, -0.05) is 42.5 Å². The molecule has 2 amide bonds. The third-order valence-electron chi connectivity index (χ3n) is 6.89. The summed E-state index contributed by atoms with van der Waals surface area (Å²) in [5.74, 6) is -0.848. The lowest BCUT2D eigenvalue weighted by molar-refractivity contribution is -0.137. The molecule has 2 aromatic carbocycles. The van der Waals surface area contributed by atoms with Crippen LogP contribution in [0.4, 0.5) is 13.2 Å². The number of alkyl halides is 3. The van der Waals surface area contributed by atoms with Gasteiger partial charge in [0, 0.05) is 56.3 Å². The molecular weight excluding hydrogens is 555 g/mol.